The molecule has 0 aliphatic carbocycles. The van der Waals surface area contributed by atoms with E-state index in [9.17, 15) is 0 Å². The Bertz CT molecular complexity index is 46.8. The van der Waals surface area contributed by atoms with Crippen LogP contribution in [0.15, 0.2) is 0 Å². The summed E-state index contributed by atoms with van der Waals surface area (Å²) in [5.41, 5.74) is 0. The fourth-order valence-electron chi connectivity index (χ4n) is 0. The third-order valence-electron chi connectivity index (χ3n) is 0.204. The van der Waals surface area contributed by atoms with Gasteiger partial charge in [-0.1, -0.05) is 4.32 Å². The van der Waals surface area contributed by atoms with Gasteiger partial charge >= 0.3 is 0 Å². The fourth-order valence-corrected chi connectivity index (χ4v) is 0. The Hall–Kier alpha value is 0.798. The maximum absolute atomic E-state index is 4.40. The molecule has 0 rings (SSSR count). The van der Waals surface area contributed by atoms with Gasteiger partial charge < -0.3 is 30.2 Å². The molecule has 0 aromatic carbocycles. The monoisotopic (exact) mass is 204 g/mol. The molecule has 0 atom stereocenters. The van der Waals surface area contributed by atoms with Gasteiger partial charge in [-0.15, -0.1) is 0 Å². The zero-order chi connectivity index (χ0) is 4.28. The molecule has 0 spiro atoms. The second kappa shape index (κ2) is 5.80. The quantitative estimate of drug-likeness (QED) is 0.338. The van der Waals surface area contributed by atoms with Gasteiger partial charge in [0.1, 0.15) is 0 Å². The number of hydrogen-bond acceptors (Lipinski definition) is 2. The molecule has 0 saturated heterocycles. The van der Waals surface area contributed by atoms with Gasteiger partial charge in [0, 0.05) is 28.1 Å². The SMILES string of the molecule is CNC(=S)[S-].[Mo]. The molecule has 0 aromatic rings. The molecule has 4 heteroatoms. The molecular weight excluding hydrogens is 198 g/mol. The van der Waals surface area contributed by atoms with Crippen LogP contribution in [0.4, 0.5) is 0 Å². The Morgan fingerprint density at radius 3 is 2.00 bits per heavy atom. The summed E-state index contributed by atoms with van der Waals surface area (Å²) in [5.74, 6) is 0. The van der Waals surface area contributed by atoms with E-state index in [1.165, 1.54) is 0 Å². The maximum atomic E-state index is 4.40. The minimum Gasteiger partial charge on any atom is -0.412 e. The molecule has 0 unspecified atom stereocenters. The Morgan fingerprint density at radius 2 is 2.00 bits per heavy atom. The predicted octanol–water partition coefficient (Wildman–Crippen LogP) is 0.0351. The molecule has 0 bridgehead atoms. The van der Waals surface area contributed by atoms with E-state index < -0.39 is 0 Å². The van der Waals surface area contributed by atoms with Gasteiger partial charge in [-0.25, -0.2) is 0 Å². The van der Waals surface area contributed by atoms with Crippen molar-refractivity contribution < 1.29 is 21.1 Å². The normalized spacial score (nSPS) is 5.50. The van der Waals surface area contributed by atoms with E-state index in [1.54, 1.807) is 7.05 Å². The second-order valence-electron chi connectivity index (χ2n) is 0.537. The molecule has 36 valence electrons. The number of nitrogens with one attached hydrogen (secondary N) is 1. The first-order chi connectivity index (χ1) is 2.27. The standard InChI is InChI=1S/C2H5NS2.Mo/c1-3-2(4)5;/h1H3,(H2,3,4,5);/p-1. The van der Waals surface area contributed by atoms with Crippen molar-refractivity contribution in [1.29, 1.82) is 0 Å². The predicted molar refractivity (Wildman–Crippen MR) is 29.0 cm³/mol. The van der Waals surface area contributed by atoms with Crippen molar-refractivity contribution in [2.75, 3.05) is 7.05 Å². The van der Waals surface area contributed by atoms with Crippen molar-refractivity contribution in [2.24, 2.45) is 0 Å². The molecule has 0 aliphatic rings. The Kier molecular flexibility index (Phi) is 9.59. The first kappa shape index (κ1) is 9.93. The summed E-state index contributed by atoms with van der Waals surface area (Å²) >= 11 is 8.80. The molecule has 0 aliphatic heterocycles. The molecule has 0 heterocycles. The Balaban J connectivity index is 0. The molecule has 0 aromatic heterocycles. The number of thiocarbonyl (C=S) groups is 1. The number of rotatable bonds is 0. The molecule has 6 heavy (non-hydrogen) atoms. The van der Waals surface area contributed by atoms with Crippen LogP contribution in [0.2, 0.25) is 0 Å². The largest absolute Gasteiger partial charge is 0.412 e. The smallest absolute Gasteiger partial charge is 0.00182 e. The van der Waals surface area contributed by atoms with Crippen molar-refractivity contribution in [3.05, 3.63) is 0 Å². The van der Waals surface area contributed by atoms with Crippen molar-refractivity contribution in [3.63, 3.8) is 0 Å². The van der Waals surface area contributed by atoms with Crippen molar-refractivity contribution >= 4 is 29.2 Å². The van der Waals surface area contributed by atoms with Gasteiger partial charge in [-0.3, -0.25) is 0 Å². The van der Waals surface area contributed by atoms with Crippen LogP contribution in [0.5, 0.6) is 0 Å². The van der Waals surface area contributed by atoms with Crippen LogP contribution in [-0.4, -0.2) is 11.4 Å². The molecule has 0 amide bonds. The van der Waals surface area contributed by atoms with Gasteiger partial charge in [-0.2, -0.15) is 0 Å². The second-order valence-corrected chi connectivity index (χ2v) is 1.61. The topological polar surface area (TPSA) is 12.0 Å². The Morgan fingerprint density at radius 1 is 1.83 bits per heavy atom. The van der Waals surface area contributed by atoms with Crippen LogP contribution in [0, 0.1) is 0 Å². The maximum Gasteiger partial charge on any atom is 0.00182 e. The molecule has 1 nitrogen and oxygen atoms in total. The first-order valence-corrected chi connectivity index (χ1v) is 1.97. The van der Waals surface area contributed by atoms with E-state index in [2.05, 4.69) is 30.2 Å². The van der Waals surface area contributed by atoms with Gasteiger partial charge in [-0.05, 0) is 0 Å². The van der Waals surface area contributed by atoms with Crippen molar-refractivity contribution in [2.45, 2.75) is 0 Å². The van der Waals surface area contributed by atoms with Crippen molar-refractivity contribution in [3.8, 4) is 0 Å². The third kappa shape index (κ3) is 8.84. The number of hydrogen-bond donors (Lipinski definition) is 1. The van der Waals surface area contributed by atoms with Crippen LogP contribution in [0.1, 0.15) is 0 Å². The van der Waals surface area contributed by atoms with Gasteiger partial charge in [0.05, 0.1) is 0 Å². The minimum absolute atomic E-state index is 0. The van der Waals surface area contributed by atoms with Gasteiger partial charge in [0.25, 0.3) is 0 Å². The van der Waals surface area contributed by atoms with Crippen LogP contribution < -0.4 is 5.32 Å². The summed E-state index contributed by atoms with van der Waals surface area (Å²) in [6.45, 7) is 0. The molecule has 0 radical (unpaired) electrons. The van der Waals surface area contributed by atoms with Crippen LogP contribution in [-0.2, 0) is 33.7 Å². The molecular formula is C2H4MoNS2-. The van der Waals surface area contributed by atoms with E-state index in [1.807, 2.05) is 0 Å². The van der Waals surface area contributed by atoms with Gasteiger partial charge in [0.2, 0.25) is 0 Å². The zero-order valence-electron chi connectivity index (χ0n) is 3.22. The third-order valence-corrected chi connectivity index (χ3v) is 0.612. The van der Waals surface area contributed by atoms with Crippen LogP contribution in [0.3, 0.4) is 0 Å². The van der Waals surface area contributed by atoms with Crippen LogP contribution in [0.25, 0.3) is 0 Å². The summed E-state index contributed by atoms with van der Waals surface area (Å²) in [6, 6.07) is 0. The summed E-state index contributed by atoms with van der Waals surface area (Å²) in [7, 11) is 1.70. The summed E-state index contributed by atoms with van der Waals surface area (Å²) in [6.07, 6.45) is 0. The fraction of sp³-hybridized carbons (Fsp3) is 0.500. The van der Waals surface area contributed by atoms with Gasteiger partial charge in [0.15, 0.2) is 0 Å². The van der Waals surface area contributed by atoms with E-state index in [0.717, 1.165) is 0 Å². The first-order valence-electron chi connectivity index (χ1n) is 1.16. The Labute approximate surface area is 62.6 Å². The zero-order valence-corrected chi connectivity index (χ0v) is 6.86. The average Bonchev–Trinajstić information content (AvgIpc) is 1.38. The van der Waals surface area contributed by atoms with Crippen molar-refractivity contribution in [1.82, 2.24) is 5.32 Å². The molecule has 0 saturated carbocycles. The molecule has 1 N–H and O–H groups in total. The van der Waals surface area contributed by atoms with E-state index in [-0.39, 0.29) is 21.1 Å². The van der Waals surface area contributed by atoms with E-state index in [0.29, 0.717) is 4.32 Å². The van der Waals surface area contributed by atoms with E-state index in [4.69, 9.17) is 0 Å². The summed E-state index contributed by atoms with van der Waals surface area (Å²) in [4.78, 5) is 0. The minimum atomic E-state index is 0. The van der Waals surface area contributed by atoms with E-state index >= 15 is 0 Å². The average molecular weight is 202 g/mol. The summed E-state index contributed by atoms with van der Waals surface area (Å²) in [5, 5.41) is 2.57. The van der Waals surface area contributed by atoms with Crippen LogP contribution >= 0.6 is 12.2 Å². The summed E-state index contributed by atoms with van der Waals surface area (Å²) < 4.78 is 0.421. The molecule has 0 fully saturated rings.